The molecule has 0 radical (unpaired) electrons. The quantitative estimate of drug-likeness (QED) is 0.770. The molecule has 2 bridgehead atoms. The standard InChI is InChI=1S/C12H22N2O3S/c1-17-12-8-10-4-5-11(9-12)14(10)18(15,16)13-6-2-3-7-13/h10-12H,2-9H2,1H3. The molecule has 6 heteroatoms. The van der Waals surface area contributed by atoms with Crippen molar-refractivity contribution in [1.29, 1.82) is 0 Å². The van der Waals surface area contributed by atoms with Gasteiger partial charge in [-0.2, -0.15) is 17.0 Å². The van der Waals surface area contributed by atoms with Crippen molar-refractivity contribution in [3.8, 4) is 0 Å². The molecule has 3 heterocycles. The molecule has 0 aromatic carbocycles. The maximum atomic E-state index is 12.7. The molecule has 5 nitrogen and oxygen atoms in total. The Bertz CT molecular complexity index is 392. The molecule has 0 N–H and O–H groups in total. The highest BCUT2D eigenvalue weighted by Gasteiger charge is 2.48. The van der Waals surface area contributed by atoms with Gasteiger partial charge in [-0.3, -0.25) is 0 Å². The summed E-state index contributed by atoms with van der Waals surface area (Å²) in [7, 11) is -1.49. The summed E-state index contributed by atoms with van der Waals surface area (Å²) >= 11 is 0. The number of piperidine rings is 1. The number of nitrogens with zero attached hydrogens (tertiary/aromatic N) is 2. The topological polar surface area (TPSA) is 49.9 Å². The molecule has 3 fully saturated rings. The number of hydrogen-bond donors (Lipinski definition) is 0. The smallest absolute Gasteiger partial charge is 0.282 e. The van der Waals surface area contributed by atoms with Crippen LogP contribution in [0.5, 0.6) is 0 Å². The van der Waals surface area contributed by atoms with E-state index in [9.17, 15) is 8.42 Å². The molecule has 2 atom stereocenters. The van der Waals surface area contributed by atoms with Crippen molar-refractivity contribution in [1.82, 2.24) is 8.61 Å². The number of hydrogen-bond acceptors (Lipinski definition) is 3. The molecule has 0 saturated carbocycles. The number of fused-ring (bicyclic) bond motifs is 2. The first kappa shape index (κ1) is 12.8. The highest BCUT2D eigenvalue weighted by Crippen LogP contribution is 2.39. The first-order valence-corrected chi connectivity index (χ1v) is 8.34. The molecule has 18 heavy (non-hydrogen) atoms. The molecule has 0 aliphatic carbocycles. The Morgan fingerprint density at radius 1 is 1.06 bits per heavy atom. The first-order chi connectivity index (χ1) is 8.63. The van der Waals surface area contributed by atoms with Gasteiger partial charge in [0.2, 0.25) is 0 Å². The van der Waals surface area contributed by atoms with Crippen LogP contribution in [-0.4, -0.2) is 55.4 Å². The second kappa shape index (κ2) is 4.74. The van der Waals surface area contributed by atoms with E-state index >= 15 is 0 Å². The Labute approximate surface area is 109 Å². The van der Waals surface area contributed by atoms with E-state index in [0.717, 1.165) is 38.5 Å². The summed E-state index contributed by atoms with van der Waals surface area (Å²) in [5.41, 5.74) is 0. The van der Waals surface area contributed by atoms with Crippen molar-refractivity contribution in [2.24, 2.45) is 0 Å². The SMILES string of the molecule is COC1CC2CCC(C1)N2S(=O)(=O)N1CCCC1. The fraction of sp³-hybridized carbons (Fsp3) is 1.00. The molecular formula is C12H22N2O3S. The van der Waals surface area contributed by atoms with Crippen LogP contribution in [0.15, 0.2) is 0 Å². The third-order valence-corrected chi connectivity index (χ3v) is 6.76. The van der Waals surface area contributed by atoms with Crippen molar-refractivity contribution >= 4 is 10.2 Å². The minimum atomic E-state index is -3.22. The lowest BCUT2D eigenvalue weighted by Gasteiger charge is -2.39. The lowest BCUT2D eigenvalue weighted by atomic mass is 10.0. The van der Waals surface area contributed by atoms with Crippen LogP contribution in [0, 0.1) is 0 Å². The van der Waals surface area contributed by atoms with Gasteiger partial charge in [-0.05, 0) is 38.5 Å². The molecule has 3 aliphatic rings. The molecule has 0 aromatic rings. The van der Waals surface area contributed by atoms with Gasteiger partial charge >= 0.3 is 0 Å². The van der Waals surface area contributed by atoms with E-state index in [1.165, 1.54) is 0 Å². The van der Waals surface area contributed by atoms with Crippen molar-refractivity contribution in [3.05, 3.63) is 0 Å². The lowest BCUT2D eigenvalue weighted by Crippen LogP contribution is -2.53. The fourth-order valence-corrected chi connectivity index (χ4v) is 5.83. The molecule has 0 aromatic heterocycles. The fourth-order valence-electron chi connectivity index (χ4n) is 3.71. The van der Waals surface area contributed by atoms with E-state index in [0.29, 0.717) is 13.1 Å². The average molecular weight is 274 g/mol. The monoisotopic (exact) mass is 274 g/mol. The Hall–Kier alpha value is -0.170. The van der Waals surface area contributed by atoms with Gasteiger partial charge in [0, 0.05) is 32.3 Å². The van der Waals surface area contributed by atoms with E-state index in [1.54, 1.807) is 15.7 Å². The van der Waals surface area contributed by atoms with Crippen LogP contribution in [-0.2, 0) is 14.9 Å². The molecule has 104 valence electrons. The van der Waals surface area contributed by atoms with Crippen LogP contribution in [0.1, 0.15) is 38.5 Å². The zero-order chi connectivity index (χ0) is 12.8. The average Bonchev–Trinajstić information content (AvgIpc) is 2.97. The summed E-state index contributed by atoms with van der Waals surface area (Å²) in [6, 6.07) is 0.332. The van der Waals surface area contributed by atoms with Gasteiger partial charge < -0.3 is 4.74 Å². The highest BCUT2D eigenvalue weighted by atomic mass is 32.2. The molecule has 0 spiro atoms. The van der Waals surface area contributed by atoms with Gasteiger partial charge in [-0.25, -0.2) is 0 Å². The Balaban J connectivity index is 1.81. The molecule has 3 rings (SSSR count). The van der Waals surface area contributed by atoms with Crippen LogP contribution in [0.25, 0.3) is 0 Å². The van der Waals surface area contributed by atoms with Gasteiger partial charge in [0.1, 0.15) is 0 Å². The lowest BCUT2D eigenvalue weighted by molar-refractivity contribution is 0.0333. The maximum absolute atomic E-state index is 12.7. The van der Waals surface area contributed by atoms with Crippen LogP contribution in [0.3, 0.4) is 0 Å². The zero-order valence-electron chi connectivity index (χ0n) is 10.9. The summed E-state index contributed by atoms with van der Waals surface area (Å²) in [5.74, 6) is 0. The number of rotatable bonds is 3. The Morgan fingerprint density at radius 3 is 2.11 bits per heavy atom. The Morgan fingerprint density at radius 2 is 1.61 bits per heavy atom. The van der Waals surface area contributed by atoms with Crippen molar-refractivity contribution in [2.75, 3.05) is 20.2 Å². The van der Waals surface area contributed by atoms with E-state index in [-0.39, 0.29) is 18.2 Å². The van der Waals surface area contributed by atoms with Crippen molar-refractivity contribution < 1.29 is 13.2 Å². The van der Waals surface area contributed by atoms with Gasteiger partial charge in [0.05, 0.1) is 6.10 Å². The second-order valence-electron chi connectivity index (χ2n) is 5.66. The summed E-state index contributed by atoms with van der Waals surface area (Å²) < 4.78 is 34.2. The number of methoxy groups -OCH3 is 1. The van der Waals surface area contributed by atoms with Crippen LogP contribution in [0.2, 0.25) is 0 Å². The number of ether oxygens (including phenoxy) is 1. The van der Waals surface area contributed by atoms with E-state index < -0.39 is 10.2 Å². The van der Waals surface area contributed by atoms with Gasteiger partial charge in [-0.15, -0.1) is 0 Å². The maximum Gasteiger partial charge on any atom is 0.282 e. The summed E-state index contributed by atoms with van der Waals surface area (Å²) in [5, 5.41) is 0. The highest BCUT2D eigenvalue weighted by molar-refractivity contribution is 7.86. The van der Waals surface area contributed by atoms with Gasteiger partial charge in [0.25, 0.3) is 10.2 Å². The molecular weight excluding hydrogens is 252 g/mol. The summed E-state index contributed by atoms with van der Waals surface area (Å²) in [6.07, 6.45) is 5.97. The predicted molar refractivity (Wildman–Crippen MR) is 68.4 cm³/mol. The normalized spacial score (nSPS) is 38.4. The largest absolute Gasteiger partial charge is 0.381 e. The predicted octanol–water partition coefficient (Wildman–Crippen LogP) is 0.969. The van der Waals surface area contributed by atoms with Crippen LogP contribution >= 0.6 is 0 Å². The molecule has 3 saturated heterocycles. The third-order valence-electron chi connectivity index (χ3n) is 4.61. The van der Waals surface area contributed by atoms with E-state index in [2.05, 4.69) is 0 Å². The van der Waals surface area contributed by atoms with Crippen LogP contribution in [0.4, 0.5) is 0 Å². The summed E-state index contributed by atoms with van der Waals surface area (Å²) in [6.45, 7) is 1.40. The van der Waals surface area contributed by atoms with Crippen molar-refractivity contribution in [3.63, 3.8) is 0 Å². The third kappa shape index (κ3) is 1.99. The first-order valence-electron chi connectivity index (χ1n) is 6.94. The van der Waals surface area contributed by atoms with Gasteiger partial charge in [0.15, 0.2) is 0 Å². The van der Waals surface area contributed by atoms with E-state index in [4.69, 9.17) is 4.74 Å². The minimum Gasteiger partial charge on any atom is -0.381 e. The molecule has 0 amide bonds. The minimum absolute atomic E-state index is 0.166. The Kier molecular flexibility index (Phi) is 3.38. The van der Waals surface area contributed by atoms with Crippen LogP contribution < -0.4 is 0 Å². The summed E-state index contributed by atoms with van der Waals surface area (Å²) in [4.78, 5) is 0. The van der Waals surface area contributed by atoms with E-state index in [1.807, 2.05) is 0 Å². The zero-order valence-corrected chi connectivity index (χ0v) is 11.7. The van der Waals surface area contributed by atoms with Crippen molar-refractivity contribution in [2.45, 2.75) is 56.7 Å². The molecule has 2 unspecified atom stereocenters. The molecule has 3 aliphatic heterocycles. The van der Waals surface area contributed by atoms with Gasteiger partial charge in [-0.1, -0.05) is 0 Å². The second-order valence-corrected chi connectivity index (χ2v) is 7.49.